The summed E-state index contributed by atoms with van der Waals surface area (Å²) in [7, 11) is 0. The van der Waals surface area contributed by atoms with E-state index in [2.05, 4.69) is 150 Å². The Morgan fingerprint density at radius 1 is 0.653 bits per heavy atom. The van der Waals surface area contributed by atoms with E-state index in [1.54, 1.807) is 0 Å². The maximum atomic E-state index is 10.2. The van der Waals surface area contributed by atoms with Crippen molar-refractivity contribution in [2.45, 2.75) is 11.3 Å². The van der Waals surface area contributed by atoms with Gasteiger partial charge in [0.05, 0.1) is 22.0 Å². The maximum absolute atomic E-state index is 10.2. The summed E-state index contributed by atoms with van der Waals surface area (Å²) in [5.74, 6) is 2.72. The predicted octanol–water partition coefficient (Wildman–Crippen LogP) is 10.5. The summed E-state index contributed by atoms with van der Waals surface area (Å²) in [5, 5.41) is 10.2. The zero-order chi connectivity index (χ0) is 32.5. The van der Waals surface area contributed by atoms with Crippen molar-refractivity contribution in [1.82, 2.24) is 9.55 Å². The van der Waals surface area contributed by atoms with Crippen molar-refractivity contribution < 1.29 is 4.74 Å². The smallest absolute Gasteiger partial charge is 0.149 e. The maximum Gasteiger partial charge on any atom is 0.149 e. The second kappa shape index (κ2) is 10.5. The number of ether oxygens (including phenoxy) is 1. The van der Waals surface area contributed by atoms with Gasteiger partial charge in [-0.05, 0) is 64.7 Å². The molecule has 230 valence electrons. The lowest BCUT2D eigenvalue weighted by Crippen LogP contribution is -2.38. The zero-order valence-electron chi connectivity index (χ0n) is 26.5. The largest absolute Gasteiger partial charge is 0.455 e. The van der Waals surface area contributed by atoms with Gasteiger partial charge in [-0.2, -0.15) is 5.26 Å². The van der Waals surface area contributed by atoms with E-state index in [9.17, 15) is 5.26 Å². The van der Waals surface area contributed by atoms with Gasteiger partial charge in [0.2, 0.25) is 0 Å². The molecule has 4 heteroatoms. The molecule has 1 aliphatic heterocycles. The molecule has 6 aromatic carbocycles. The third kappa shape index (κ3) is 3.87. The first kappa shape index (κ1) is 27.7. The fourth-order valence-electron chi connectivity index (χ4n) is 8.57. The van der Waals surface area contributed by atoms with E-state index in [1.807, 2.05) is 24.3 Å². The molecule has 1 aromatic heterocycles. The van der Waals surface area contributed by atoms with Crippen molar-refractivity contribution in [3.05, 3.63) is 192 Å². The molecule has 7 aromatic rings. The van der Waals surface area contributed by atoms with E-state index in [0.717, 1.165) is 56.1 Å². The van der Waals surface area contributed by atoms with Crippen molar-refractivity contribution in [2.24, 2.45) is 5.92 Å². The number of hydrogen-bond donors (Lipinski definition) is 0. The molecule has 0 N–H and O–H groups in total. The Morgan fingerprint density at radius 3 is 2.27 bits per heavy atom. The average molecular weight is 628 g/mol. The van der Waals surface area contributed by atoms with Gasteiger partial charge in [-0.1, -0.05) is 121 Å². The van der Waals surface area contributed by atoms with Crippen molar-refractivity contribution in [1.29, 1.82) is 5.26 Å². The van der Waals surface area contributed by atoms with Crippen LogP contribution in [0.5, 0.6) is 11.5 Å². The van der Waals surface area contributed by atoms with Crippen LogP contribution in [0.4, 0.5) is 0 Å². The summed E-state index contributed by atoms with van der Waals surface area (Å²) in [6.07, 6.45) is 9.01. The molecular weight excluding hydrogens is 599 g/mol. The highest BCUT2D eigenvalue weighted by molar-refractivity contribution is 5.84. The molecular formula is C45H29N3O. The molecule has 3 atom stereocenters. The van der Waals surface area contributed by atoms with Crippen LogP contribution in [-0.2, 0) is 5.41 Å². The Labute approximate surface area is 284 Å². The number of fused-ring (bicyclic) bond motifs is 10. The first-order chi connectivity index (χ1) is 24.3. The van der Waals surface area contributed by atoms with Gasteiger partial charge < -0.3 is 4.74 Å². The molecule has 4 nitrogen and oxygen atoms in total. The van der Waals surface area contributed by atoms with Gasteiger partial charge in [0.25, 0.3) is 0 Å². The summed E-state index contributed by atoms with van der Waals surface area (Å²) in [6, 6.07) is 51.2. The van der Waals surface area contributed by atoms with Gasteiger partial charge >= 0.3 is 0 Å². The molecule has 1 spiro atoms. The molecule has 49 heavy (non-hydrogen) atoms. The SMILES string of the molecule is N#Cc1cccc2c1Oc1ccc(-c3ccc(-c4nc5ccccc5n4-c4ccccc4)cc3)cc1C21c2ccccc2C2C=CC=CC21. The molecule has 3 unspecified atom stereocenters. The number of nitriles is 1. The lowest BCUT2D eigenvalue weighted by molar-refractivity contribution is 0.373. The van der Waals surface area contributed by atoms with Crippen LogP contribution in [-0.4, -0.2) is 9.55 Å². The van der Waals surface area contributed by atoms with Gasteiger partial charge in [0.15, 0.2) is 0 Å². The summed E-state index contributed by atoms with van der Waals surface area (Å²) >= 11 is 0. The van der Waals surface area contributed by atoms with Crippen LogP contribution >= 0.6 is 0 Å². The normalized spacial score (nSPS) is 19.5. The van der Waals surface area contributed by atoms with Crippen LogP contribution in [0.1, 0.15) is 33.7 Å². The zero-order valence-corrected chi connectivity index (χ0v) is 26.5. The Balaban J connectivity index is 1.14. The van der Waals surface area contributed by atoms with Crippen LogP contribution in [0, 0.1) is 17.2 Å². The molecule has 0 amide bonds. The first-order valence-corrected chi connectivity index (χ1v) is 16.7. The number of nitrogens with zero attached hydrogens (tertiary/aromatic N) is 3. The Morgan fingerprint density at radius 2 is 1.39 bits per heavy atom. The molecule has 0 bridgehead atoms. The van der Waals surface area contributed by atoms with Gasteiger partial charge in [-0.3, -0.25) is 4.57 Å². The molecule has 2 heterocycles. The lowest BCUT2D eigenvalue weighted by Gasteiger charge is -2.43. The van der Waals surface area contributed by atoms with Crippen molar-refractivity contribution in [3.63, 3.8) is 0 Å². The van der Waals surface area contributed by atoms with Crippen LogP contribution in [0.25, 0.3) is 39.2 Å². The molecule has 0 fully saturated rings. The minimum atomic E-state index is -0.519. The van der Waals surface area contributed by atoms with E-state index < -0.39 is 5.41 Å². The predicted molar refractivity (Wildman–Crippen MR) is 194 cm³/mol. The first-order valence-electron chi connectivity index (χ1n) is 16.7. The number of rotatable bonds is 3. The third-order valence-electron chi connectivity index (χ3n) is 10.6. The highest BCUT2D eigenvalue weighted by Gasteiger charge is 2.57. The third-order valence-corrected chi connectivity index (χ3v) is 10.6. The molecule has 10 rings (SSSR count). The molecule has 0 saturated carbocycles. The van der Waals surface area contributed by atoms with Crippen LogP contribution in [0.15, 0.2) is 164 Å². The topological polar surface area (TPSA) is 50.8 Å². The van der Waals surface area contributed by atoms with Gasteiger partial charge in [-0.15, -0.1) is 0 Å². The number of aromatic nitrogens is 2. The minimum Gasteiger partial charge on any atom is -0.455 e. The van der Waals surface area contributed by atoms with Gasteiger partial charge in [0, 0.05) is 34.2 Å². The highest BCUT2D eigenvalue weighted by Crippen LogP contribution is 2.65. The summed E-state index contributed by atoms with van der Waals surface area (Å²) < 4.78 is 8.89. The number of para-hydroxylation sites is 4. The van der Waals surface area contributed by atoms with Crippen molar-refractivity contribution in [2.75, 3.05) is 0 Å². The monoisotopic (exact) mass is 627 g/mol. The average Bonchev–Trinajstić information content (AvgIpc) is 3.70. The summed E-state index contributed by atoms with van der Waals surface area (Å²) in [4.78, 5) is 5.07. The van der Waals surface area contributed by atoms with E-state index in [0.29, 0.717) is 11.3 Å². The van der Waals surface area contributed by atoms with Crippen LogP contribution < -0.4 is 4.74 Å². The quantitative estimate of drug-likeness (QED) is 0.196. The highest BCUT2D eigenvalue weighted by atomic mass is 16.5. The Bertz CT molecular complexity index is 2550. The molecule has 3 aliphatic rings. The second-order valence-corrected chi connectivity index (χ2v) is 13.0. The summed E-state index contributed by atoms with van der Waals surface area (Å²) in [6.45, 7) is 0. The fraction of sp³-hybridized carbons (Fsp3) is 0.0667. The molecule has 2 aliphatic carbocycles. The number of benzene rings is 6. The summed E-state index contributed by atoms with van der Waals surface area (Å²) in [5.41, 5.74) is 11.2. The molecule has 0 saturated heterocycles. The number of allylic oxidation sites excluding steroid dienone is 4. The second-order valence-electron chi connectivity index (χ2n) is 13.0. The van der Waals surface area contributed by atoms with E-state index >= 15 is 0 Å². The van der Waals surface area contributed by atoms with E-state index in [4.69, 9.17) is 9.72 Å². The van der Waals surface area contributed by atoms with Crippen molar-refractivity contribution in [3.8, 4) is 45.8 Å². The Hall–Kier alpha value is -6.44. The van der Waals surface area contributed by atoms with E-state index in [-0.39, 0.29) is 11.8 Å². The van der Waals surface area contributed by atoms with Crippen molar-refractivity contribution >= 4 is 11.0 Å². The van der Waals surface area contributed by atoms with Crippen LogP contribution in [0.2, 0.25) is 0 Å². The fourth-order valence-corrected chi connectivity index (χ4v) is 8.57. The standard InChI is InChI=1S/C45H29N3O/c46-28-32-11-10-18-38-43(32)49-42-26-25-31(27-39(42)45(38)36-16-6-4-14-34(36)35-15-5-7-17-37(35)45)29-21-23-30(24-22-29)44-47-40-19-8-9-20-41(40)48(44)33-12-2-1-3-13-33/h1-27,34,36H. The van der Waals surface area contributed by atoms with Gasteiger partial charge in [-0.25, -0.2) is 4.98 Å². The molecule has 0 radical (unpaired) electrons. The minimum absolute atomic E-state index is 0.133. The number of hydrogen-bond acceptors (Lipinski definition) is 3. The lowest BCUT2D eigenvalue weighted by atomic mass is 9.61. The van der Waals surface area contributed by atoms with Gasteiger partial charge in [0.1, 0.15) is 23.4 Å². The van der Waals surface area contributed by atoms with E-state index in [1.165, 1.54) is 11.1 Å². The Kier molecular flexibility index (Phi) is 5.95. The van der Waals surface area contributed by atoms with Crippen LogP contribution in [0.3, 0.4) is 0 Å². The number of imidazole rings is 1.